The van der Waals surface area contributed by atoms with E-state index in [0.29, 0.717) is 12.1 Å². The fourth-order valence-corrected chi connectivity index (χ4v) is 2.84. The fourth-order valence-electron chi connectivity index (χ4n) is 2.84. The van der Waals surface area contributed by atoms with Gasteiger partial charge in [0.05, 0.1) is 12.2 Å². The molecule has 1 aromatic carbocycles. The molecular formula is C18H31Cl2N3O2. The minimum Gasteiger partial charge on any atom is -0.373 e. The monoisotopic (exact) mass is 391 g/mol. The highest BCUT2D eigenvalue weighted by molar-refractivity contribution is 5.94. The first-order chi connectivity index (χ1) is 10.7. The van der Waals surface area contributed by atoms with Crippen molar-refractivity contribution in [2.75, 3.05) is 19.6 Å². The van der Waals surface area contributed by atoms with Gasteiger partial charge in [-0.25, -0.2) is 0 Å². The number of nitrogens with two attached hydrogens (primary N) is 1. The molecule has 1 amide bonds. The van der Waals surface area contributed by atoms with Crippen molar-refractivity contribution in [3.63, 3.8) is 0 Å². The van der Waals surface area contributed by atoms with E-state index in [1.165, 1.54) is 5.56 Å². The summed E-state index contributed by atoms with van der Waals surface area (Å²) in [6.07, 6.45) is 0.534. The highest BCUT2D eigenvalue weighted by Crippen LogP contribution is 2.14. The van der Waals surface area contributed by atoms with Gasteiger partial charge in [0, 0.05) is 37.3 Å². The van der Waals surface area contributed by atoms with Crippen molar-refractivity contribution in [1.29, 1.82) is 0 Å². The Morgan fingerprint density at radius 2 is 1.72 bits per heavy atom. The second kappa shape index (κ2) is 10.3. The van der Waals surface area contributed by atoms with Gasteiger partial charge in [-0.15, -0.1) is 24.8 Å². The van der Waals surface area contributed by atoms with Crippen LogP contribution in [0.2, 0.25) is 0 Å². The van der Waals surface area contributed by atoms with E-state index in [1.54, 1.807) is 0 Å². The molecule has 1 heterocycles. The Morgan fingerprint density at radius 3 is 2.20 bits per heavy atom. The SMILES string of the molecule is CC1CN(Cc2ccc(C(=O)NCC(C)(C)N)cc2)CC(C)O1.Cl.Cl. The predicted molar refractivity (Wildman–Crippen MR) is 107 cm³/mol. The van der Waals surface area contributed by atoms with E-state index in [0.717, 1.165) is 19.6 Å². The van der Waals surface area contributed by atoms with Gasteiger partial charge in [-0.2, -0.15) is 0 Å². The number of benzene rings is 1. The number of rotatable bonds is 5. The summed E-state index contributed by atoms with van der Waals surface area (Å²) in [5.74, 6) is -0.0799. The molecule has 5 nitrogen and oxygen atoms in total. The van der Waals surface area contributed by atoms with Crippen molar-refractivity contribution in [3.8, 4) is 0 Å². The number of nitrogens with one attached hydrogen (secondary N) is 1. The summed E-state index contributed by atoms with van der Waals surface area (Å²) in [7, 11) is 0. The number of carbonyl (C=O) groups is 1. The van der Waals surface area contributed by atoms with Gasteiger partial charge in [0.25, 0.3) is 5.91 Å². The number of ether oxygens (including phenoxy) is 1. The van der Waals surface area contributed by atoms with E-state index in [2.05, 4.69) is 24.1 Å². The van der Waals surface area contributed by atoms with Crippen molar-refractivity contribution < 1.29 is 9.53 Å². The number of amides is 1. The highest BCUT2D eigenvalue weighted by Gasteiger charge is 2.22. The number of halogens is 2. The first-order valence-electron chi connectivity index (χ1n) is 8.27. The Morgan fingerprint density at radius 1 is 1.20 bits per heavy atom. The summed E-state index contributed by atoms with van der Waals surface area (Å²) in [6, 6.07) is 7.80. The molecular weight excluding hydrogens is 361 g/mol. The second-order valence-electron chi connectivity index (χ2n) is 7.32. The zero-order chi connectivity index (χ0) is 17.0. The molecule has 0 aromatic heterocycles. The van der Waals surface area contributed by atoms with Crippen LogP contribution in [0.1, 0.15) is 43.6 Å². The topological polar surface area (TPSA) is 67.6 Å². The molecule has 1 aliphatic rings. The molecule has 0 bridgehead atoms. The average Bonchev–Trinajstić information content (AvgIpc) is 2.43. The van der Waals surface area contributed by atoms with E-state index in [4.69, 9.17) is 10.5 Å². The molecule has 0 radical (unpaired) electrons. The van der Waals surface area contributed by atoms with Gasteiger partial charge >= 0.3 is 0 Å². The van der Waals surface area contributed by atoms with Gasteiger partial charge in [0.2, 0.25) is 0 Å². The minimum absolute atomic E-state index is 0. The fraction of sp³-hybridized carbons (Fsp3) is 0.611. The Labute approximate surface area is 163 Å². The maximum absolute atomic E-state index is 12.1. The third-order valence-corrected chi connectivity index (χ3v) is 3.82. The van der Waals surface area contributed by atoms with Crippen LogP contribution in [0.25, 0.3) is 0 Å². The smallest absolute Gasteiger partial charge is 0.251 e. The number of hydrogen-bond acceptors (Lipinski definition) is 4. The second-order valence-corrected chi connectivity index (χ2v) is 7.32. The van der Waals surface area contributed by atoms with E-state index in [-0.39, 0.29) is 42.9 Å². The summed E-state index contributed by atoms with van der Waals surface area (Å²) in [5, 5.41) is 2.86. The van der Waals surface area contributed by atoms with Gasteiger partial charge in [-0.05, 0) is 45.4 Å². The first kappa shape index (κ1) is 24.1. The van der Waals surface area contributed by atoms with Gasteiger partial charge in [-0.1, -0.05) is 12.1 Å². The third kappa shape index (κ3) is 8.38. The number of hydrogen-bond donors (Lipinski definition) is 2. The summed E-state index contributed by atoms with van der Waals surface area (Å²) >= 11 is 0. The molecule has 1 aromatic rings. The number of nitrogens with zero attached hydrogens (tertiary/aromatic N) is 1. The predicted octanol–water partition coefficient (Wildman–Crippen LogP) is 2.61. The molecule has 25 heavy (non-hydrogen) atoms. The zero-order valence-electron chi connectivity index (χ0n) is 15.5. The molecule has 3 N–H and O–H groups in total. The molecule has 2 atom stereocenters. The molecule has 0 spiro atoms. The highest BCUT2D eigenvalue weighted by atomic mass is 35.5. The summed E-state index contributed by atoms with van der Waals surface area (Å²) < 4.78 is 5.75. The van der Waals surface area contributed by atoms with E-state index in [9.17, 15) is 4.79 Å². The molecule has 2 rings (SSSR count). The molecule has 1 aliphatic heterocycles. The van der Waals surface area contributed by atoms with Gasteiger partial charge in [0.15, 0.2) is 0 Å². The van der Waals surface area contributed by atoms with E-state index < -0.39 is 5.54 Å². The summed E-state index contributed by atoms with van der Waals surface area (Å²) in [4.78, 5) is 14.5. The largest absolute Gasteiger partial charge is 0.373 e. The van der Waals surface area contributed by atoms with Crippen LogP contribution in [0.5, 0.6) is 0 Å². The lowest BCUT2D eigenvalue weighted by Gasteiger charge is -2.35. The van der Waals surface area contributed by atoms with Crippen LogP contribution in [0, 0.1) is 0 Å². The molecule has 1 saturated heterocycles. The first-order valence-corrected chi connectivity index (χ1v) is 8.27. The van der Waals surface area contributed by atoms with Crippen LogP contribution < -0.4 is 11.1 Å². The van der Waals surface area contributed by atoms with Crippen LogP contribution in [0.15, 0.2) is 24.3 Å². The lowest BCUT2D eigenvalue weighted by Crippen LogP contribution is -2.45. The Hall–Kier alpha value is -0.850. The maximum Gasteiger partial charge on any atom is 0.251 e. The molecule has 144 valence electrons. The van der Waals surface area contributed by atoms with Gasteiger partial charge < -0.3 is 15.8 Å². The Balaban J connectivity index is 0.00000288. The lowest BCUT2D eigenvalue weighted by atomic mass is 10.1. The Kier molecular flexibility index (Phi) is 9.98. The molecule has 0 saturated carbocycles. The quantitative estimate of drug-likeness (QED) is 0.809. The van der Waals surface area contributed by atoms with Crippen LogP contribution in [0.4, 0.5) is 0 Å². The number of carbonyl (C=O) groups excluding carboxylic acids is 1. The van der Waals surface area contributed by atoms with Crippen molar-refractivity contribution in [1.82, 2.24) is 10.2 Å². The third-order valence-electron chi connectivity index (χ3n) is 3.82. The Bertz CT molecular complexity index is 522. The van der Waals surface area contributed by atoms with Crippen molar-refractivity contribution in [2.45, 2.75) is 52.0 Å². The molecule has 2 unspecified atom stereocenters. The summed E-state index contributed by atoms with van der Waals surface area (Å²) in [6.45, 7) is 11.2. The normalized spacial score (nSPS) is 21.0. The van der Waals surface area contributed by atoms with Crippen molar-refractivity contribution in [2.24, 2.45) is 5.73 Å². The number of morpholine rings is 1. The van der Waals surface area contributed by atoms with Crippen LogP contribution in [0.3, 0.4) is 0 Å². The van der Waals surface area contributed by atoms with Crippen LogP contribution in [-0.2, 0) is 11.3 Å². The van der Waals surface area contributed by atoms with Crippen molar-refractivity contribution in [3.05, 3.63) is 35.4 Å². The maximum atomic E-state index is 12.1. The minimum atomic E-state index is -0.403. The molecule has 1 fully saturated rings. The average molecular weight is 392 g/mol. The van der Waals surface area contributed by atoms with Crippen molar-refractivity contribution >= 4 is 30.7 Å². The van der Waals surface area contributed by atoms with Gasteiger partial charge in [-0.3, -0.25) is 9.69 Å². The standard InChI is InChI=1S/C18H29N3O2.2ClH/c1-13-9-21(10-14(2)23-13)11-15-5-7-16(8-6-15)17(22)20-12-18(3,4)19;;/h5-8,13-14H,9-12,19H2,1-4H3,(H,20,22);2*1H. The van der Waals surface area contributed by atoms with Crippen LogP contribution >= 0.6 is 24.8 Å². The van der Waals surface area contributed by atoms with Crippen LogP contribution in [-0.4, -0.2) is 48.2 Å². The van der Waals surface area contributed by atoms with E-state index in [1.807, 2.05) is 38.1 Å². The van der Waals surface area contributed by atoms with E-state index >= 15 is 0 Å². The lowest BCUT2D eigenvalue weighted by molar-refractivity contribution is -0.0704. The molecule has 0 aliphatic carbocycles. The zero-order valence-corrected chi connectivity index (χ0v) is 17.1. The summed E-state index contributed by atoms with van der Waals surface area (Å²) in [5.41, 5.74) is 7.36. The van der Waals surface area contributed by atoms with Gasteiger partial charge in [0.1, 0.15) is 0 Å². The molecule has 7 heteroatoms.